The summed E-state index contributed by atoms with van der Waals surface area (Å²) in [6, 6.07) is 5.22. The Morgan fingerprint density at radius 3 is 2.50 bits per heavy atom. The number of esters is 1. The number of carbonyl (C=O) groups is 1. The van der Waals surface area contributed by atoms with Gasteiger partial charge in [0.2, 0.25) is 0 Å². The summed E-state index contributed by atoms with van der Waals surface area (Å²) in [6.45, 7) is 2.05. The molecular weight excluding hydrogens is 327 g/mol. The second-order valence-corrected chi connectivity index (χ2v) is 6.40. The van der Waals surface area contributed by atoms with E-state index in [0.717, 1.165) is 25.7 Å². The molecule has 0 radical (unpaired) electrons. The van der Waals surface area contributed by atoms with Crippen LogP contribution in [0.1, 0.15) is 44.3 Å². The third-order valence-corrected chi connectivity index (χ3v) is 4.79. The number of rotatable bonds is 3. The van der Waals surface area contributed by atoms with Crippen LogP contribution in [0.5, 0.6) is 0 Å². The molecule has 0 aromatic heterocycles. The van der Waals surface area contributed by atoms with Crippen molar-refractivity contribution < 1.29 is 19.0 Å². The van der Waals surface area contributed by atoms with Crippen LogP contribution in [0.25, 0.3) is 0 Å². The van der Waals surface area contributed by atoms with Crippen LogP contribution in [0.4, 0.5) is 0 Å². The molecule has 3 rings (SSSR count). The summed E-state index contributed by atoms with van der Waals surface area (Å²) in [5, 5.41) is 0.927. The fourth-order valence-electron chi connectivity index (χ4n) is 3.15. The van der Waals surface area contributed by atoms with Gasteiger partial charge in [0, 0.05) is 28.5 Å². The van der Waals surface area contributed by atoms with Gasteiger partial charge in [0.05, 0.1) is 6.61 Å². The Kier molecular flexibility index (Phi) is 4.64. The van der Waals surface area contributed by atoms with Crippen molar-refractivity contribution in [3.05, 3.63) is 33.8 Å². The molecule has 1 aliphatic heterocycles. The van der Waals surface area contributed by atoms with Gasteiger partial charge in [-0.1, -0.05) is 29.3 Å². The molecule has 120 valence electrons. The summed E-state index contributed by atoms with van der Waals surface area (Å²) in [5.41, 5.74) is 0.590. The van der Waals surface area contributed by atoms with Crippen molar-refractivity contribution in [2.45, 2.75) is 50.6 Å². The largest absolute Gasteiger partial charge is 0.464 e. The van der Waals surface area contributed by atoms with Gasteiger partial charge in [-0.15, -0.1) is 0 Å². The van der Waals surface area contributed by atoms with Crippen LogP contribution in [0.2, 0.25) is 10.0 Å². The SMILES string of the molecule is CCOC(=O)C1OC2(CCCC2)O[C@@H]1c1c(Cl)cccc1Cl. The molecule has 1 aromatic rings. The van der Waals surface area contributed by atoms with Gasteiger partial charge in [0.15, 0.2) is 11.9 Å². The highest BCUT2D eigenvalue weighted by molar-refractivity contribution is 6.36. The molecule has 22 heavy (non-hydrogen) atoms. The van der Waals surface area contributed by atoms with Crippen molar-refractivity contribution in [3.63, 3.8) is 0 Å². The lowest BCUT2D eigenvalue weighted by Gasteiger charge is -2.22. The smallest absolute Gasteiger partial charge is 0.338 e. The molecule has 0 N–H and O–H groups in total. The van der Waals surface area contributed by atoms with Crippen molar-refractivity contribution in [3.8, 4) is 0 Å². The lowest BCUT2D eigenvalue weighted by Crippen LogP contribution is -2.31. The zero-order valence-corrected chi connectivity index (χ0v) is 13.8. The van der Waals surface area contributed by atoms with E-state index in [2.05, 4.69) is 0 Å². The molecule has 6 heteroatoms. The second kappa shape index (κ2) is 6.36. The van der Waals surface area contributed by atoms with E-state index < -0.39 is 24.0 Å². The Hall–Kier alpha value is -0.810. The highest BCUT2D eigenvalue weighted by Gasteiger charge is 2.53. The van der Waals surface area contributed by atoms with E-state index in [1.54, 1.807) is 25.1 Å². The van der Waals surface area contributed by atoms with E-state index in [0.29, 0.717) is 15.6 Å². The molecule has 1 unspecified atom stereocenters. The molecule has 0 bridgehead atoms. The lowest BCUT2D eigenvalue weighted by molar-refractivity contribution is -0.181. The average Bonchev–Trinajstić information content (AvgIpc) is 3.07. The zero-order valence-electron chi connectivity index (χ0n) is 12.3. The van der Waals surface area contributed by atoms with Gasteiger partial charge < -0.3 is 14.2 Å². The number of ether oxygens (including phenoxy) is 3. The highest BCUT2D eigenvalue weighted by atomic mass is 35.5. The number of hydrogen-bond acceptors (Lipinski definition) is 4. The monoisotopic (exact) mass is 344 g/mol. The Bertz CT molecular complexity index is 549. The van der Waals surface area contributed by atoms with E-state index in [9.17, 15) is 4.79 Å². The Morgan fingerprint density at radius 1 is 1.27 bits per heavy atom. The van der Waals surface area contributed by atoms with Crippen LogP contribution in [0, 0.1) is 0 Å². The maximum atomic E-state index is 12.3. The minimum absolute atomic E-state index is 0.286. The first-order valence-corrected chi connectivity index (χ1v) is 8.28. The highest BCUT2D eigenvalue weighted by Crippen LogP contribution is 2.49. The van der Waals surface area contributed by atoms with Crippen molar-refractivity contribution in [2.24, 2.45) is 0 Å². The van der Waals surface area contributed by atoms with Gasteiger partial charge in [0.1, 0.15) is 6.10 Å². The summed E-state index contributed by atoms with van der Waals surface area (Å²) in [5.74, 6) is -1.16. The van der Waals surface area contributed by atoms with E-state index >= 15 is 0 Å². The first-order chi connectivity index (χ1) is 10.6. The molecule has 0 amide bonds. The molecule has 2 fully saturated rings. The maximum absolute atomic E-state index is 12.3. The minimum Gasteiger partial charge on any atom is -0.464 e. The normalized spacial score (nSPS) is 26.5. The van der Waals surface area contributed by atoms with E-state index in [4.69, 9.17) is 37.4 Å². The van der Waals surface area contributed by atoms with Crippen molar-refractivity contribution >= 4 is 29.2 Å². The van der Waals surface area contributed by atoms with Gasteiger partial charge >= 0.3 is 5.97 Å². The molecule has 1 aromatic carbocycles. The average molecular weight is 345 g/mol. The molecule has 1 aliphatic carbocycles. The van der Waals surface area contributed by atoms with Crippen LogP contribution in [-0.4, -0.2) is 24.5 Å². The van der Waals surface area contributed by atoms with E-state index in [1.165, 1.54) is 0 Å². The van der Waals surface area contributed by atoms with Crippen LogP contribution in [-0.2, 0) is 19.0 Å². The van der Waals surface area contributed by atoms with Crippen molar-refractivity contribution in [1.29, 1.82) is 0 Å². The number of hydrogen-bond donors (Lipinski definition) is 0. The fourth-order valence-corrected chi connectivity index (χ4v) is 3.76. The number of benzene rings is 1. The Labute approximate surface area is 139 Å². The predicted molar refractivity (Wildman–Crippen MR) is 83.0 cm³/mol. The van der Waals surface area contributed by atoms with Gasteiger partial charge in [-0.3, -0.25) is 0 Å². The third kappa shape index (κ3) is 2.85. The molecule has 1 saturated heterocycles. The van der Waals surface area contributed by atoms with Crippen LogP contribution >= 0.6 is 23.2 Å². The lowest BCUT2D eigenvalue weighted by atomic mass is 10.0. The minimum atomic E-state index is -0.838. The molecule has 2 aliphatic rings. The van der Waals surface area contributed by atoms with Gasteiger partial charge in [-0.05, 0) is 31.9 Å². The van der Waals surface area contributed by atoms with Crippen LogP contribution < -0.4 is 0 Å². The zero-order chi connectivity index (χ0) is 15.7. The van der Waals surface area contributed by atoms with E-state index in [1.807, 2.05) is 0 Å². The standard InChI is InChI=1S/C16H18Cl2O4/c1-2-20-15(19)14-13(12-10(17)6-5-7-11(12)18)21-16(22-14)8-3-4-9-16/h5-7,13-14H,2-4,8-9H2,1H3/t13-,14?/m1/s1. The summed E-state index contributed by atoms with van der Waals surface area (Å²) in [4.78, 5) is 12.3. The predicted octanol–water partition coefficient (Wildman–Crippen LogP) is 4.28. The van der Waals surface area contributed by atoms with Crippen LogP contribution in [0.15, 0.2) is 18.2 Å². The Morgan fingerprint density at radius 2 is 1.91 bits per heavy atom. The Balaban J connectivity index is 1.97. The third-order valence-electron chi connectivity index (χ3n) is 4.13. The van der Waals surface area contributed by atoms with Gasteiger partial charge in [-0.25, -0.2) is 4.79 Å². The quantitative estimate of drug-likeness (QED) is 0.767. The summed E-state index contributed by atoms with van der Waals surface area (Å²) in [6.07, 6.45) is 2.08. The second-order valence-electron chi connectivity index (χ2n) is 5.58. The van der Waals surface area contributed by atoms with E-state index in [-0.39, 0.29) is 6.61 Å². The molecule has 2 atom stereocenters. The molecule has 1 spiro atoms. The summed E-state index contributed by atoms with van der Waals surface area (Å²) < 4.78 is 17.3. The number of carbonyl (C=O) groups excluding carboxylic acids is 1. The maximum Gasteiger partial charge on any atom is 0.338 e. The topological polar surface area (TPSA) is 44.8 Å². The van der Waals surface area contributed by atoms with Crippen molar-refractivity contribution in [2.75, 3.05) is 6.61 Å². The molecule has 1 heterocycles. The summed E-state index contributed by atoms with van der Waals surface area (Å²) >= 11 is 12.6. The first kappa shape index (κ1) is 16.1. The molecule has 1 saturated carbocycles. The fraction of sp³-hybridized carbons (Fsp3) is 0.562. The number of halogens is 2. The van der Waals surface area contributed by atoms with Crippen LogP contribution in [0.3, 0.4) is 0 Å². The summed E-state index contributed by atoms with van der Waals surface area (Å²) in [7, 11) is 0. The molecular formula is C16H18Cl2O4. The van der Waals surface area contributed by atoms with Crippen molar-refractivity contribution in [1.82, 2.24) is 0 Å². The first-order valence-electron chi connectivity index (χ1n) is 7.52. The van der Waals surface area contributed by atoms with Gasteiger partial charge in [-0.2, -0.15) is 0 Å². The van der Waals surface area contributed by atoms with Gasteiger partial charge in [0.25, 0.3) is 0 Å². The molecule has 4 nitrogen and oxygen atoms in total.